The van der Waals surface area contributed by atoms with Crippen LogP contribution in [-0.2, 0) is 0 Å². The predicted molar refractivity (Wildman–Crippen MR) is 65.0 cm³/mol. The van der Waals surface area contributed by atoms with Gasteiger partial charge in [-0.2, -0.15) is 0 Å². The highest BCUT2D eigenvalue weighted by Gasteiger charge is 2.06. The van der Waals surface area contributed by atoms with E-state index in [1.165, 1.54) is 18.5 Å². The van der Waals surface area contributed by atoms with Crippen molar-refractivity contribution in [2.75, 3.05) is 18.4 Å². The van der Waals surface area contributed by atoms with Crippen LogP contribution in [0.15, 0.2) is 36.8 Å². The molecule has 88 valence electrons. The molecule has 0 aliphatic rings. The summed E-state index contributed by atoms with van der Waals surface area (Å²) in [6.07, 6.45) is 3.09. The van der Waals surface area contributed by atoms with Crippen molar-refractivity contribution in [1.82, 2.24) is 9.97 Å². The van der Waals surface area contributed by atoms with Gasteiger partial charge in [-0.05, 0) is 12.1 Å². The van der Waals surface area contributed by atoms with Crippen LogP contribution >= 0.6 is 0 Å². The van der Waals surface area contributed by atoms with E-state index in [0.29, 0.717) is 24.3 Å². The van der Waals surface area contributed by atoms with Crippen LogP contribution in [0.3, 0.4) is 0 Å². The van der Waals surface area contributed by atoms with Crippen LogP contribution in [0, 0.1) is 5.82 Å². The van der Waals surface area contributed by atoms with E-state index in [1.54, 1.807) is 18.3 Å². The van der Waals surface area contributed by atoms with Gasteiger partial charge >= 0.3 is 0 Å². The van der Waals surface area contributed by atoms with E-state index in [4.69, 9.17) is 5.73 Å². The maximum atomic E-state index is 13.2. The molecular weight excluding hydrogens is 219 g/mol. The van der Waals surface area contributed by atoms with Crippen LogP contribution in [0.25, 0.3) is 11.3 Å². The lowest BCUT2D eigenvalue weighted by molar-refractivity contribution is 0.628. The number of halogens is 1. The first-order valence-electron chi connectivity index (χ1n) is 5.31. The van der Waals surface area contributed by atoms with Crippen molar-refractivity contribution < 1.29 is 4.39 Å². The van der Waals surface area contributed by atoms with Crippen molar-refractivity contribution in [2.24, 2.45) is 5.73 Å². The van der Waals surface area contributed by atoms with Crippen molar-refractivity contribution in [2.45, 2.75) is 0 Å². The topological polar surface area (TPSA) is 63.8 Å². The second-order valence-electron chi connectivity index (χ2n) is 3.51. The Kier molecular flexibility index (Phi) is 3.62. The minimum absolute atomic E-state index is 0.286. The summed E-state index contributed by atoms with van der Waals surface area (Å²) in [5, 5.41) is 3.11. The van der Waals surface area contributed by atoms with E-state index < -0.39 is 0 Å². The van der Waals surface area contributed by atoms with Crippen molar-refractivity contribution in [3.8, 4) is 11.3 Å². The first-order chi connectivity index (χ1) is 8.31. The Morgan fingerprint density at radius 3 is 3.00 bits per heavy atom. The van der Waals surface area contributed by atoms with Crippen molar-refractivity contribution >= 4 is 5.69 Å². The summed E-state index contributed by atoms with van der Waals surface area (Å²) >= 11 is 0. The van der Waals surface area contributed by atoms with Gasteiger partial charge in [-0.25, -0.2) is 14.4 Å². The highest BCUT2D eigenvalue weighted by atomic mass is 19.1. The molecule has 5 heteroatoms. The maximum absolute atomic E-state index is 13.2. The number of rotatable bonds is 4. The zero-order valence-electron chi connectivity index (χ0n) is 9.23. The van der Waals surface area contributed by atoms with Gasteiger partial charge in [0.05, 0.1) is 17.6 Å². The Hall–Kier alpha value is -2.01. The van der Waals surface area contributed by atoms with Crippen LogP contribution < -0.4 is 11.1 Å². The highest BCUT2D eigenvalue weighted by molar-refractivity contribution is 5.73. The second-order valence-corrected chi connectivity index (χ2v) is 3.51. The number of benzene rings is 1. The summed E-state index contributed by atoms with van der Waals surface area (Å²) in [5.74, 6) is -0.286. The molecule has 2 rings (SSSR count). The highest BCUT2D eigenvalue weighted by Crippen LogP contribution is 2.24. The zero-order valence-corrected chi connectivity index (χ0v) is 9.23. The number of nitrogens with zero attached hydrogens (tertiary/aromatic N) is 2. The van der Waals surface area contributed by atoms with Crippen molar-refractivity contribution in [3.05, 3.63) is 42.6 Å². The summed E-state index contributed by atoms with van der Waals surface area (Å²) in [5.41, 5.74) is 7.57. The van der Waals surface area contributed by atoms with Gasteiger partial charge < -0.3 is 11.1 Å². The van der Waals surface area contributed by atoms with E-state index >= 15 is 0 Å². The molecule has 1 aromatic carbocycles. The third-order valence-corrected chi connectivity index (χ3v) is 2.27. The van der Waals surface area contributed by atoms with Gasteiger partial charge in [-0.15, -0.1) is 0 Å². The zero-order chi connectivity index (χ0) is 12.1. The molecule has 0 fully saturated rings. The molecule has 1 heterocycles. The molecule has 0 radical (unpaired) electrons. The number of anilines is 1. The lowest BCUT2D eigenvalue weighted by atomic mass is 10.1. The second kappa shape index (κ2) is 5.36. The van der Waals surface area contributed by atoms with Gasteiger partial charge in [0, 0.05) is 18.7 Å². The maximum Gasteiger partial charge on any atom is 0.123 e. The molecule has 0 bridgehead atoms. The Balaban J connectivity index is 2.37. The Morgan fingerprint density at radius 2 is 2.24 bits per heavy atom. The molecule has 0 aliphatic heterocycles. The van der Waals surface area contributed by atoms with Gasteiger partial charge in [0.15, 0.2) is 0 Å². The Bertz CT molecular complexity index is 501. The molecule has 1 aromatic heterocycles. The van der Waals surface area contributed by atoms with Crippen molar-refractivity contribution in [3.63, 3.8) is 0 Å². The third kappa shape index (κ3) is 2.76. The van der Waals surface area contributed by atoms with Gasteiger partial charge in [0.1, 0.15) is 12.1 Å². The molecule has 0 atom stereocenters. The normalized spacial score (nSPS) is 10.2. The minimum atomic E-state index is -0.286. The minimum Gasteiger partial charge on any atom is -0.381 e. The van der Waals surface area contributed by atoms with E-state index in [0.717, 1.165) is 5.69 Å². The van der Waals surface area contributed by atoms with Crippen molar-refractivity contribution in [1.29, 1.82) is 0 Å². The largest absolute Gasteiger partial charge is 0.381 e. The number of nitrogens with two attached hydrogens (primary N) is 1. The molecule has 0 spiro atoms. The molecule has 17 heavy (non-hydrogen) atoms. The summed E-state index contributed by atoms with van der Waals surface area (Å²) < 4.78 is 13.2. The quantitative estimate of drug-likeness (QED) is 0.841. The van der Waals surface area contributed by atoms with Crippen LogP contribution in [0.2, 0.25) is 0 Å². The molecular formula is C12H13FN4. The van der Waals surface area contributed by atoms with Gasteiger partial charge in [0.25, 0.3) is 0 Å². The standard InChI is InChI=1S/C12H13FN4/c13-10-3-1-2-9(6-10)12-11(16-5-4-14)7-15-8-17-12/h1-3,6-8,16H,4-5,14H2. The average molecular weight is 232 g/mol. The Morgan fingerprint density at radius 1 is 1.35 bits per heavy atom. The van der Waals surface area contributed by atoms with Gasteiger partial charge in [-0.3, -0.25) is 0 Å². The molecule has 3 N–H and O–H groups in total. The fraction of sp³-hybridized carbons (Fsp3) is 0.167. The number of aromatic nitrogens is 2. The first kappa shape index (κ1) is 11.5. The van der Waals surface area contributed by atoms with Crippen LogP contribution in [0.5, 0.6) is 0 Å². The smallest absolute Gasteiger partial charge is 0.123 e. The van der Waals surface area contributed by atoms with Gasteiger partial charge in [-0.1, -0.05) is 12.1 Å². The monoisotopic (exact) mass is 232 g/mol. The molecule has 0 aliphatic carbocycles. The predicted octanol–water partition coefficient (Wildman–Crippen LogP) is 1.65. The number of hydrogen-bond donors (Lipinski definition) is 2. The third-order valence-electron chi connectivity index (χ3n) is 2.27. The van der Waals surface area contributed by atoms with Crippen LogP contribution in [0.4, 0.5) is 10.1 Å². The number of hydrogen-bond acceptors (Lipinski definition) is 4. The SMILES string of the molecule is NCCNc1cncnc1-c1cccc(F)c1. The summed E-state index contributed by atoms with van der Waals surface area (Å²) in [4.78, 5) is 8.10. The van der Waals surface area contributed by atoms with E-state index in [-0.39, 0.29) is 5.82 Å². The van der Waals surface area contributed by atoms with E-state index in [1.807, 2.05) is 0 Å². The fourth-order valence-electron chi connectivity index (χ4n) is 1.53. The lowest BCUT2D eigenvalue weighted by Crippen LogP contribution is -2.14. The molecule has 2 aromatic rings. The molecule has 0 saturated carbocycles. The van der Waals surface area contributed by atoms with E-state index in [2.05, 4.69) is 15.3 Å². The molecule has 4 nitrogen and oxygen atoms in total. The summed E-state index contributed by atoms with van der Waals surface area (Å²) in [7, 11) is 0. The van der Waals surface area contributed by atoms with E-state index in [9.17, 15) is 4.39 Å². The summed E-state index contributed by atoms with van der Waals surface area (Å²) in [6, 6.07) is 6.30. The number of nitrogens with one attached hydrogen (secondary N) is 1. The molecule has 0 unspecified atom stereocenters. The molecule has 0 saturated heterocycles. The lowest BCUT2D eigenvalue weighted by Gasteiger charge is -2.09. The fourth-order valence-corrected chi connectivity index (χ4v) is 1.53. The van der Waals surface area contributed by atoms with Crippen LogP contribution in [-0.4, -0.2) is 23.1 Å². The molecule has 0 amide bonds. The first-order valence-corrected chi connectivity index (χ1v) is 5.31. The Labute approximate surface area is 98.7 Å². The average Bonchev–Trinajstić information content (AvgIpc) is 2.37. The van der Waals surface area contributed by atoms with Gasteiger partial charge in [0.2, 0.25) is 0 Å². The summed E-state index contributed by atoms with van der Waals surface area (Å²) in [6.45, 7) is 1.13. The van der Waals surface area contributed by atoms with Crippen LogP contribution in [0.1, 0.15) is 0 Å².